The fraction of sp³-hybridized carbons (Fsp3) is 0.444. The molecule has 0 saturated heterocycles. The molecule has 5 rings (SSSR count). The third-order valence-electron chi connectivity index (χ3n) is 5.57. The third kappa shape index (κ3) is 2.48. The monoisotopic (exact) mass is 380 g/mol. The molecule has 3 aromatic rings. The van der Waals surface area contributed by atoms with Gasteiger partial charge in [0, 0.05) is 12.2 Å². The van der Waals surface area contributed by atoms with Gasteiger partial charge in [-0.05, 0) is 25.3 Å². The van der Waals surface area contributed by atoms with Gasteiger partial charge in [-0.3, -0.25) is 4.57 Å². The van der Waals surface area contributed by atoms with Crippen molar-refractivity contribution >= 4 is 11.8 Å². The summed E-state index contributed by atoms with van der Waals surface area (Å²) in [4.78, 5) is 22.7. The zero-order valence-corrected chi connectivity index (χ0v) is 15.4. The van der Waals surface area contributed by atoms with Crippen molar-refractivity contribution in [1.29, 1.82) is 0 Å². The summed E-state index contributed by atoms with van der Waals surface area (Å²) in [5.74, 6) is 0.999. The fourth-order valence-electron chi connectivity index (χ4n) is 4.30. The lowest BCUT2D eigenvalue weighted by atomic mass is 10.0. The highest BCUT2D eigenvalue weighted by Gasteiger charge is 2.38. The van der Waals surface area contributed by atoms with Crippen molar-refractivity contribution in [3.8, 4) is 11.6 Å². The molecular formula is C18H20N8O2. The molecule has 0 radical (unpaired) electrons. The standard InChI is InChI=1S/C18H20N8O2/c1-2-13-16-22-20-10-24(16)14-9-19-18(25-8-7-12(23-25)17(27)28)21-15(14)26(13)11-5-3-4-6-11/h7-11,13H,2-6H2,1H3,(H,27,28). The molecule has 1 aliphatic heterocycles. The molecule has 10 heteroatoms. The molecule has 1 saturated carbocycles. The molecule has 0 amide bonds. The summed E-state index contributed by atoms with van der Waals surface area (Å²) < 4.78 is 3.35. The van der Waals surface area contributed by atoms with Crippen LogP contribution in [0.5, 0.6) is 0 Å². The number of carbonyl (C=O) groups is 1. The summed E-state index contributed by atoms with van der Waals surface area (Å²) in [5.41, 5.74) is 0.799. The number of anilines is 1. The van der Waals surface area contributed by atoms with Crippen LogP contribution in [-0.2, 0) is 0 Å². The summed E-state index contributed by atoms with van der Waals surface area (Å²) in [5, 5.41) is 21.7. The van der Waals surface area contributed by atoms with Gasteiger partial charge in [-0.2, -0.15) is 10.1 Å². The maximum Gasteiger partial charge on any atom is 0.356 e. The number of hydrogen-bond acceptors (Lipinski definition) is 7. The zero-order valence-electron chi connectivity index (χ0n) is 15.4. The average molecular weight is 380 g/mol. The second-order valence-corrected chi connectivity index (χ2v) is 7.16. The minimum absolute atomic E-state index is 0.0403. The first-order valence-electron chi connectivity index (χ1n) is 9.52. The van der Waals surface area contributed by atoms with Crippen LogP contribution in [0.1, 0.15) is 61.4 Å². The summed E-state index contributed by atoms with van der Waals surface area (Å²) in [6, 6.07) is 1.92. The van der Waals surface area contributed by atoms with Gasteiger partial charge in [0.25, 0.3) is 5.95 Å². The van der Waals surface area contributed by atoms with Crippen LogP contribution in [0.25, 0.3) is 11.6 Å². The SMILES string of the molecule is CCC1c2nncn2-c2cnc(-n3ccc(C(=O)O)n3)nc2N1C1CCCC1. The second-order valence-electron chi connectivity index (χ2n) is 7.16. The van der Waals surface area contributed by atoms with Crippen LogP contribution < -0.4 is 4.90 Å². The number of carboxylic acid groups (broad SMARTS) is 1. The third-order valence-corrected chi connectivity index (χ3v) is 5.57. The number of nitrogens with zero attached hydrogens (tertiary/aromatic N) is 8. The second kappa shape index (κ2) is 6.39. The lowest BCUT2D eigenvalue weighted by molar-refractivity contribution is 0.0690. The van der Waals surface area contributed by atoms with Crippen LogP contribution >= 0.6 is 0 Å². The number of fused-ring (bicyclic) bond motifs is 3. The van der Waals surface area contributed by atoms with E-state index in [4.69, 9.17) is 10.1 Å². The highest BCUT2D eigenvalue weighted by molar-refractivity contribution is 5.85. The first-order valence-corrected chi connectivity index (χ1v) is 9.52. The molecule has 10 nitrogen and oxygen atoms in total. The van der Waals surface area contributed by atoms with Crippen LogP contribution in [0.3, 0.4) is 0 Å². The van der Waals surface area contributed by atoms with Gasteiger partial charge in [-0.25, -0.2) is 14.5 Å². The molecular weight excluding hydrogens is 360 g/mol. The van der Waals surface area contributed by atoms with Crippen molar-refractivity contribution in [3.05, 3.63) is 36.3 Å². The highest BCUT2D eigenvalue weighted by Crippen LogP contribution is 2.42. The summed E-state index contributed by atoms with van der Waals surface area (Å²) in [6.07, 6.45) is 10.5. The molecule has 2 aliphatic rings. The molecule has 0 aromatic carbocycles. The average Bonchev–Trinajstić information content (AvgIpc) is 3.47. The Hall–Kier alpha value is -3.30. The minimum atomic E-state index is -1.08. The van der Waals surface area contributed by atoms with Gasteiger partial charge < -0.3 is 10.0 Å². The zero-order chi connectivity index (χ0) is 19.3. The lowest BCUT2D eigenvalue weighted by Crippen LogP contribution is -2.42. The molecule has 144 valence electrons. The Kier molecular flexibility index (Phi) is 3.85. The van der Waals surface area contributed by atoms with E-state index in [0.29, 0.717) is 12.0 Å². The van der Waals surface area contributed by atoms with Crippen molar-refractivity contribution in [3.63, 3.8) is 0 Å². The Morgan fingerprint density at radius 1 is 1.32 bits per heavy atom. The maximum absolute atomic E-state index is 11.2. The number of carboxylic acids is 1. The van der Waals surface area contributed by atoms with Crippen molar-refractivity contribution in [2.24, 2.45) is 0 Å². The molecule has 0 bridgehead atoms. The Labute approximate surface area is 160 Å². The Balaban J connectivity index is 1.66. The molecule has 1 atom stereocenters. The predicted molar refractivity (Wildman–Crippen MR) is 98.8 cm³/mol. The van der Waals surface area contributed by atoms with E-state index in [2.05, 4.69) is 32.1 Å². The predicted octanol–water partition coefficient (Wildman–Crippen LogP) is 2.15. The molecule has 1 aliphatic carbocycles. The summed E-state index contributed by atoms with van der Waals surface area (Å²) in [7, 11) is 0. The van der Waals surface area contributed by atoms with E-state index in [-0.39, 0.29) is 11.7 Å². The van der Waals surface area contributed by atoms with Crippen molar-refractivity contribution < 1.29 is 9.90 Å². The fourth-order valence-corrected chi connectivity index (χ4v) is 4.30. The maximum atomic E-state index is 11.2. The first kappa shape index (κ1) is 16.8. The molecule has 4 heterocycles. The largest absolute Gasteiger partial charge is 0.476 e. The lowest BCUT2D eigenvalue weighted by Gasteiger charge is -2.40. The normalized spacial score (nSPS) is 18.9. The summed E-state index contributed by atoms with van der Waals surface area (Å²) >= 11 is 0. The molecule has 3 aromatic heterocycles. The Bertz CT molecular complexity index is 1040. The van der Waals surface area contributed by atoms with E-state index in [9.17, 15) is 4.79 Å². The number of aromatic nitrogens is 7. The summed E-state index contributed by atoms with van der Waals surface area (Å²) in [6.45, 7) is 2.14. The van der Waals surface area contributed by atoms with Gasteiger partial charge in [0.05, 0.1) is 12.2 Å². The van der Waals surface area contributed by atoms with Gasteiger partial charge in [0.1, 0.15) is 12.0 Å². The quantitative estimate of drug-likeness (QED) is 0.732. The van der Waals surface area contributed by atoms with Gasteiger partial charge in [0.15, 0.2) is 17.3 Å². The molecule has 1 fully saturated rings. The Morgan fingerprint density at radius 2 is 2.14 bits per heavy atom. The van der Waals surface area contributed by atoms with E-state index >= 15 is 0 Å². The number of rotatable bonds is 4. The van der Waals surface area contributed by atoms with Crippen molar-refractivity contribution in [2.75, 3.05) is 4.90 Å². The van der Waals surface area contributed by atoms with Crippen LogP contribution in [0.2, 0.25) is 0 Å². The number of aromatic carboxylic acids is 1. The van der Waals surface area contributed by atoms with Gasteiger partial charge in [0.2, 0.25) is 0 Å². The molecule has 0 spiro atoms. The smallest absolute Gasteiger partial charge is 0.356 e. The van der Waals surface area contributed by atoms with E-state index in [0.717, 1.165) is 36.6 Å². The minimum Gasteiger partial charge on any atom is -0.476 e. The van der Waals surface area contributed by atoms with Gasteiger partial charge in [-0.1, -0.05) is 19.8 Å². The van der Waals surface area contributed by atoms with E-state index in [1.54, 1.807) is 18.7 Å². The molecule has 1 N–H and O–H groups in total. The van der Waals surface area contributed by atoms with E-state index in [1.807, 2.05) is 4.57 Å². The van der Waals surface area contributed by atoms with Crippen LogP contribution in [0, 0.1) is 0 Å². The van der Waals surface area contributed by atoms with Gasteiger partial charge in [-0.15, -0.1) is 10.2 Å². The van der Waals surface area contributed by atoms with Crippen LogP contribution in [0.4, 0.5) is 5.82 Å². The van der Waals surface area contributed by atoms with E-state index < -0.39 is 5.97 Å². The molecule has 28 heavy (non-hydrogen) atoms. The van der Waals surface area contributed by atoms with Gasteiger partial charge >= 0.3 is 5.97 Å². The Morgan fingerprint density at radius 3 is 2.86 bits per heavy atom. The topological polar surface area (TPSA) is 115 Å². The molecule has 1 unspecified atom stereocenters. The number of hydrogen-bond donors (Lipinski definition) is 1. The van der Waals surface area contributed by atoms with E-state index in [1.165, 1.54) is 23.6 Å². The van der Waals surface area contributed by atoms with Crippen LogP contribution in [0.15, 0.2) is 24.8 Å². The van der Waals surface area contributed by atoms with Crippen molar-refractivity contribution in [2.45, 2.75) is 51.1 Å². The van der Waals surface area contributed by atoms with Crippen LogP contribution in [-0.4, -0.2) is 51.6 Å². The first-order chi connectivity index (χ1) is 13.7. The van der Waals surface area contributed by atoms with Crippen molar-refractivity contribution in [1.82, 2.24) is 34.5 Å². The highest BCUT2D eigenvalue weighted by atomic mass is 16.4.